The molecule has 0 atom stereocenters. The Hall–Kier alpha value is -0.963. The van der Waals surface area contributed by atoms with Crippen LogP contribution in [0.5, 0.6) is 5.75 Å². The maximum Gasteiger partial charge on any atom is 0.138 e. The van der Waals surface area contributed by atoms with E-state index < -0.39 is 8.07 Å². The zero-order valence-electron chi connectivity index (χ0n) is 14.0. The molecule has 0 amide bonds. The van der Waals surface area contributed by atoms with Crippen LogP contribution in [0.3, 0.4) is 0 Å². The maximum absolute atomic E-state index is 6.73. The highest BCUT2D eigenvalue weighted by atomic mass is 35.5. The van der Waals surface area contributed by atoms with Crippen molar-refractivity contribution in [2.24, 2.45) is 0 Å². The van der Waals surface area contributed by atoms with Gasteiger partial charge in [-0.05, 0) is 22.9 Å². The van der Waals surface area contributed by atoms with Gasteiger partial charge in [0.2, 0.25) is 0 Å². The van der Waals surface area contributed by atoms with Crippen molar-refractivity contribution >= 4 is 36.5 Å². The van der Waals surface area contributed by atoms with Gasteiger partial charge in [-0.25, -0.2) is 0 Å². The molecule has 2 aromatic carbocycles. The molecule has 0 aliphatic rings. The second kappa shape index (κ2) is 8.23. The Morgan fingerprint density at radius 3 is 2.04 bits per heavy atom. The second-order valence-electron chi connectivity index (χ2n) is 5.85. The summed E-state index contributed by atoms with van der Waals surface area (Å²) in [4.78, 5) is 0. The fourth-order valence-electron chi connectivity index (χ4n) is 3.15. The molecule has 0 radical (unpaired) electrons. The third kappa shape index (κ3) is 3.93. The average Bonchev–Trinajstić information content (AvgIpc) is 2.59. The van der Waals surface area contributed by atoms with Crippen LogP contribution in [0.2, 0.25) is 28.2 Å². The summed E-state index contributed by atoms with van der Waals surface area (Å²) < 4.78 is 5.98. The van der Waals surface area contributed by atoms with Crippen LogP contribution in [0.1, 0.15) is 26.3 Å². The molecule has 0 fully saturated rings. The fourth-order valence-corrected chi connectivity index (χ4v) is 8.51. The van der Waals surface area contributed by atoms with E-state index in [4.69, 9.17) is 27.9 Å². The minimum atomic E-state index is -1.67. The predicted octanol–water partition coefficient (Wildman–Crippen LogP) is 6.29. The lowest BCUT2D eigenvalue weighted by molar-refractivity contribution is 0.306. The summed E-state index contributed by atoms with van der Waals surface area (Å²) in [6, 6.07) is 17.4. The molecule has 0 N–H and O–H groups in total. The number of hydrogen-bond acceptors (Lipinski definition) is 1. The number of benzene rings is 2. The third-order valence-corrected chi connectivity index (χ3v) is 11.5. The molecule has 0 heterocycles. The minimum Gasteiger partial charge on any atom is -0.487 e. The van der Waals surface area contributed by atoms with E-state index in [0.29, 0.717) is 11.6 Å². The molecular formula is C19H24Cl2OSi. The highest BCUT2D eigenvalue weighted by molar-refractivity contribution is 6.94. The minimum absolute atomic E-state index is 0.514. The van der Waals surface area contributed by atoms with E-state index in [-0.39, 0.29) is 0 Å². The molecule has 2 rings (SSSR count). The van der Waals surface area contributed by atoms with Crippen molar-refractivity contribution in [2.75, 3.05) is 0 Å². The van der Waals surface area contributed by atoms with Gasteiger partial charge in [0.25, 0.3) is 0 Å². The van der Waals surface area contributed by atoms with Crippen LogP contribution in [0, 0.1) is 0 Å². The summed E-state index contributed by atoms with van der Waals surface area (Å²) >= 11 is 13.3. The standard InChI is InChI=1S/C19H24Cl2OSi/c1-4-23(5-2,6-3)19-16(20)12-13-17(18(19)21)22-14-15-10-8-7-9-11-15/h7-13H,4-6,14H2,1-3H3. The lowest BCUT2D eigenvalue weighted by atomic mass is 10.2. The molecule has 0 unspecified atom stereocenters. The summed E-state index contributed by atoms with van der Waals surface area (Å²) in [5.74, 6) is 0.738. The van der Waals surface area contributed by atoms with Gasteiger partial charge in [-0.3, -0.25) is 0 Å². The van der Waals surface area contributed by atoms with Crippen LogP contribution in [0.25, 0.3) is 0 Å². The first-order chi connectivity index (χ1) is 11.1. The zero-order valence-corrected chi connectivity index (χ0v) is 16.5. The first-order valence-corrected chi connectivity index (χ1v) is 11.6. The Bertz CT molecular complexity index is 631. The summed E-state index contributed by atoms with van der Waals surface area (Å²) in [6.07, 6.45) is 0. The topological polar surface area (TPSA) is 9.23 Å². The number of ether oxygens (including phenoxy) is 1. The van der Waals surface area contributed by atoms with E-state index in [1.54, 1.807) is 0 Å². The Morgan fingerprint density at radius 2 is 1.48 bits per heavy atom. The first-order valence-electron chi connectivity index (χ1n) is 8.23. The maximum atomic E-state index is 6.73. The number of halogens is 2. The monoisotopic (exact) mass is 366 g/mol. The molecular weight excluding hydrogens is 343 g/mol. The molecule has 124 valence electrons. The van der Waals surface area contributed by atoms with Crippen LogP contribution in [0.4, 0.5) is 0 Å². The Kier molecular flexibility index (Phi) is 6.57. The van der Waals surface area contributed by atoms with Gasteiger partial charge < -0.3 is 4.74 Å². The van der Waals surface area contributed by atoms with Crippen LogP contribution >= 0.6 is 23.2 Å². The summed E-state index contributed by atoms with van der Waals surface area (Å²) in [5, 5.41) is 2.67. The average molecular weight is 367 g/mol. The summed E-state index contributed by atoms with van der Waals surface area (Å²) in [6.45, 7) is 7.27. The van der Waals surface area contributed by atoms with Crippen LogP contribution in [-0.2, 0) is 6.61 Å². The molecule has 4 heteroatoms. The molecule has 0 saturated heterocycles. The van der Waals surface area contributed by atoms with Gasteiger partial charge in [0.1, 0.15) is 12.4 Å². The van der Waals surface area contributed by atoms with Crippen LogP contribution < -0.4 is 9.92 Å². The van der Waals surface area contributed by atoms with E-state index in [2.05, 4.69) is 20.8 Å². The van der Waals surface area contributed by atoms with Gasteiger partial charge >= 0.3 is 0 Å². The highest BCUT2D eigenvalue weighted by Gasteiger charge is 2.34. The number of rotatable bonds is 7. The summed E-state index contributed by atoms with van der Waals surface area (Å²) in [5.41, 5.74) is 1.13. The third-order valence-electron chi connectivity index (χ3n) is 4.85. The van der Waals surface area contributed by atoms with Gasteiger partial charge in [0.15, 0.2) is 0 Å². The molecule has 0 aliphatic heterocycles. The molecule has 0 spiro atoms. The molecule has 0 saturated carbocycles. The van der Waals surface area contributed by atoms with Crippen molar-refractivity contribution in [2.45, 2.75) is 45.5 Å². The highest BCUT2D eigenvalue weighted by Crippen LogP contribution is 2.33. The quantitative estimate of drug-likeness (QED) is 0.523. The predicted molar refractivity (Wildman–Crippen MR) is 104 cm³/mol. The normalized spacial score (nSPS) is 11.5. The molecule has 23 heavy (non-hydrogen) atoms. The van der Waals surface area contributed by atoms with Crippen molar-refractivity contribution in [3.05, 3.63) is 58.1 Å². The largest absolute Gasteiger partial charge is 0.487 e. The van der Waals surface area contributed by atoms with Crippen molar-refractivity contribution in [1.82, 2.24) is 0 Å². The van der Waals surface area contributed by atoms with E-state index in [1.165, 1.54) is 5.19 Å². The van der Waals surface area contributed by atoms with Gasteiger partial charge in [-0.15, -0.1) is 0 Å². The Labute approximate surface area is 150 Å². The van der Waals surface area contributed by atoms with Gasteiger partial charge in [-0.1, -0.05) is 92.4 Å². The summed E-state index contributed by atoms with van der Waals surface area (Å²) in [7, 11) is -1.67. The van der Waals surface area contributed by atoms with Gasteiger partial charge in [-0.2, -0.15) is 0 Å². The van der Waals surface area contributed by atoms with E-state index in [0.717, 1.165) is 34.5 Å². The smallest absolute Gasteiger partial charge is 0.138 e. The first kappa shape index (κ1) is 18.4. The van der Waals surface area contributed by atoms with E-state index >= 15 is 0 Å². The number of hydrogen-bond donors (Lipinski definition) is 0. The Balaban J connectivity index is 2.35. The van der Waals surface area contributed by atoms with Crippen LogP contribution in [-0.4, -0.2) is 8.07 Å². The molecule has 2 aromatic rings. The van der Waals surface area contributed by atoms with Gasteiger partial charge in [0, 0.05) is 5.02 Å². The van der Waals surface area contributed by atoms with Crippen LogP contribution in [0.15, 0.2) is 42.5 Å². The van der Waals surface area contributed by atoms with Gasteiger partial charge in [0.05, 0.1) is 13.1 Å². The molecule has 0 aliphatic carbocycles. The SMILES string of the molecule is CC[Si](CC)(CC)c1c(Cl)ccc(OCc2ccccc2)c1Cl. The fraction of sp³-hybridized carbons (Fsp3) is 0.368. The van der Waals surface area contributed by atoms with Crippen molar-refractivity contribution in [3.8, 4) is 5.75 Å². The van der Waals surface area contributed by atoms with E-state index in [9.17, 15) is 0 Å². The molecule has 1 nitrogen and oxygen atoms in total. The Morgan fingerprint density at radius 1 is 0.870 bits per heavy atom. The van der Waals surface area contributed by atoms with Crippen molar-refractivity contribution < 1.29 is 4.74 Å². The second-order valence-corrected chi connectivity index (χ2v) is 11.8. The van der Waals surface area contributed by atoms with Crippen molar-refractivity contribution in [1.29, 1.82) is 0 Å². The lowest BCUT2D eigenvalue weighted by Crippen LogP contribution is -2.47. The zero-order chi connectivity index (χ0) is 16.9. The molecule has 0 bridgehead atoms. The van der Waals surface area contributed by atoms with E-state index in [1.807, 2.05) is 42.5 Å². The lowest BCUT2D eigenvalue weighted by Gasteiger charge is -2.31. The molecule has 0 aromatic heterocycles. The van der Waals surface area contributed by atoms with Crippen molar-refractivity contribution in [3.63, 3.8) is 0 Å².